The first-order chi connectivity index (χ1) is 15.8. The van der Waals surface area contributed by atoms with Gasteiger partial charge in [-0.15, -0.1) is 0 Å². The molecule has 0 radical (unpaired) electrons. The van der Waals surface area contributed by atoms with E-state index in [0.717, 1.165) is 44.2 Å². The molecule has 6 aromatic rings. The summed E-state index contributed by atoms with van der Waals surface area (Å²) in [7, 11) is 0. The molecule has 0 atom stereocenters. The summed E-state index contributed by atoms with van der Waals surface area (Å²) in [5.74, 6) is 0.635. The van der Waals surface area contributed by atoms with E-state index < -0.39 is 5.63 Å². The van der Waals surface area contributed by atoms with Crippen molar-refractivity contribution in [2.75, 3.05) is 0 Å². The summed E-state index contributed by atoms with van der Waals surface area (Å²) in [5, 5.41) is 2.77. The van der Waals surface area contributed by atoms with Crippen LogP contribution in [0.5, 0.6) is 0 Å². The van der Waals surface area contributed by atoms with Gasteiger partial charge < -0.3 is 9.40 Å². The second-order valence-corrected chi connectivity index (χ2v) is 7.68. The number of hydrogen-bond donors (Lipinski definition) is 1. The largest absolute Gasteiger partial charge is 0.422 e. The van der Waals surface area contributed by atoms with E-state index in [1.807, 2.05) is 84.9 Å². The van der Waals surface area contributed by atoms with Crippen molar-refractivity contribution in [2.45, 2.75) is 0 Å². The molecule has 0 spiro atoms. The molecule has 4 aromatic carbocycles. The third-order valence-electron chi connectivity index (χ3n) is 5.70. The summed E-state index contributed by atoms with van der Waals surface area (Å²) in [6, 6.07) is 33.6. The van der Waals surface area contributed by atoms with Gasteiger partial charge >= 0.3 is 5.63 Å². The van der Waals surface area contributed by atoms with Crippen LogP contribution in [0.15, 0.2) is 112 Å². The second kappa shape index (κ2) is 7.36. The monoisotopic (exact) mass is 414 g/mol. The number of nitrogens with one attached hydrogen (secondary N) is 1. The van der Waals surface area contributed by atoms with E-state index in [0.29, 0.717) is 11.4 Å². The van der Waals surface area contributed by atoms with Gasteiger partial charge in [0.05, 0.1) is 11.4 Å². The molecule has 0 amide bonds. The number of nitrogens with zero attached hydrogens (tertiary/aromatic N) is 1. The smallest absolute Gasteiger partial charge is 0.336 e. The maximum Gasteiger partial charge on any atom is 0.336 e. The van der Waals surface area contributed by atoms with Crippen LogP contribution in [-0.2, 0) is 0 Å². The highest BCUT2D eigenvalue weighted by Crippen LogP contribution is 2.36. The van der Waals surface area contributed by atoms with Crippen LogP contribution < -0.4 is 5.63 Å². The van der Waals surface area contributed by atoms with E-state index in [1.54, 1.807) is 0 Å². The fourth-order valence-electron chi connectivity index (χ4n) is 4.21. The van der Waals surface area contributed by atoms with Crippen molar-refractivity contribution in [1.29, 1.82) is 0 Å². The minimum absolute atomic E-state index is 0.400. The van der Waals surface area contributed by atoms with E-state index in [1.165, 1.54) is 6.07 Å². The molecule has 0 aliphatic heterocycles. The summed E-state index contributed by atoms with van der Waals surface area (Å²) >= 11 is 0. The highest BCUT2D eigenvalue weighted by Gasteiger charge is 2.18. The summed E-state index contributed by atoms with van der Waals surface area (Å²) in [6.07, 6.45) is 0. The van der Waals surface area contributed by atoms with Crippen molar-refractivity contribution in [1.82, 2.24) is 9.97 Å². The second-order valence-electron chi connectivity index (χ2n) is 7.68. The number of rotatable bonds is 3. The van der Waals surface area contributed by atoms with Crippen molar-refractivity contribution in [2.24, 2.45) is 0 Å². The third-order valence-corrected chi connectivity index (χ3v) is 5.70. The number of aromatic nitrogens is 2. The van der Waals surface area contributed by atoms with E-state index in [9.17, 15) is 4.79 Å². The van der Waals surface area contributed by atoms with Gasteiger partial charge in [-0.25, -0.2) is 9.78 Å². The SMILES string of the molecule is O=c1cc(-c2nc(-c3ccccc3)c(-c3ccccc3)[nH]2)c2ccc3ccccc3c2o1. The number of fused-ring (bicyclic) bond motifs is 3. The van der Waals surface area contributed by atoms with E-state index in [-0.39, 0.29) is 0 Å². The van der Waals surface area contributed by atoms with Crippen LogP contribution in [0.4, 0.5) is 0 Å². The molecule has 0 aliphatic carbocycles. The van der Waals surface area contributed by atoms with Crippen LogP contribution in [0.25, 0.3) is 55.6 Å². The van der Waals surface area contributed by atoms with Crippen molar-refractivity contribution < 1.29 is 4.42 Å². The first kappa shape index (κ1) is 18.3. The third kappa shape index (κ3) is 3.01. The Morgan fingerprint density at radius 3 is 2.16 bits per heavy atom. The van der Waals surface area contributed by atoms with Gasteiger partial charge in [-0.1, -0.05) is 91.0 Å². The molecule has 0 bridgehead atoms. The average molecular weight is 414 g/mol. The molecule has 0 saturated heterocycles. The summed E-state index contributed by atoms with van der Waals surface area (Å²) in [6.45, 7) is 0. The van der Waals surface area contributed by atoms with Crippen LogP contribution >= 0.6 is 0 Å². The molecule has 6 rings (SSSR count). The van der Waals surface area contributed by atoms with Gasteiger partial charge in [-0.05, 0) is 11.5 Å². The lowest BCUT2D eigenvalue weighted by molar-refractivity contribution is 0.564. The maximum atomic E-state index is 12.5. The van der Waals surface area contributed by atoms with Gasteiger partial charge in [0, 0.05) is 33.5 Å². The number of H-pyrrole nitrogens is 1. The Hall–Kier alpha value is -4.44. The molecular weight excluding hydrogens is 396 g/mol. The quantitative estimate of drug-likeness (QED) is 0.260. The van der Waals surface area contributed by atoms with Crippen LogP contribution in [0.2, 0.25) is 0 Å². The molecule has 32 heavy (non-hydrogen) atoms. The zero-order valence-electron chi connectivity index (χ0n) is 17.1. The molecule has 152 valence electrons. The number of benzene rings is 4. The molecule has 4 heteroatoms. The Labute approximate surface area is 183 Å². The topological polar surface area (TPSA) is 58.9 Å². The molecule has 0 fully saturated rings. The Bertz CT molecular complexity index is 1570. The Kier molecular flexibility index (Phi) is 4.22. The summed E-state index contributed by atoms with van der Waals surface area (Å²) in [5.41, 5.74) is 4.69. The standard InChI is InChI=1S/C28H18N2O2/c31-24-17-23(22-16-15-18-9-7-8-14-21(18)27(22)32-24)28-29-25(19-10-3-1-4-11-19)26(30-28)20-12-5-2-6-13-20/h1-17H,(H,29,30). The highest BCUT2D eigenvalue weighted by atomic mass is 16.4. The summed E-state index contributed by atoms with van der Waals surface area (Å²) < 4.78 is 5.65. The fourth-order valence-corrected chi connectivity index (χ4v) is 4.21. The van der Waals surface area contributed by atoms with Crippen molar-refractivity contribution in [3.8, 4) is 33.9 Å². The molecule has 2 heterocycles. The minimum Gasteiger partial charge on any atom is -0.422 e. The lowest BCUT2D eigenvalue weighted by atomic mass is 10.0. The first-order valence-corrected chi connectivity index (χ1v) is 10.4. The number of aromatic amines is 1. The molecule has 1 N–H and O–H groups in total. The van der Waals surface area contributed by atoms with E-state index in [4.69, 9.17) is 9.40 Å². The number of hydrogen-bond acceptors (Lipinski definition) is 3. The average Bonchev–Trinajstić information content (AvgIpc) is 3.30. The van der Waals surface area contributed by atoms with Crippen molar-refractivity contribution in [3.05, 3.63) is 114 Å². The molecule has 0 unspecified atom stereocenters. The van der Waals surface area contributed by atoms with Crippen LogP contribution in [0.3, 0.4) is 0 Å². The normalized spacial score (nSPS) is 11.2. The Morgan fingerprint density at radius 1 is 0.688 bits per heavy atom. The molecule has 4 nitrogen and oxygen atoms in total. The van der Waals surface area contributed by atoms with E-state index >= 15 is 0 Å². The van der Waals surface area contributed by atoms with Gasteiger partial charge in [0.25, 0.3) is 0 Å². The Morgan fingerprint density at radius 2 is 1.38 bits per heavy atom. The Balaban J connectivity index is 1.65. The predicted molar refractivity (Wildman–Crippen MR) is 128 cm³/mol. The van der Waals surface area contributed by atoms with Gasteiger partial charge in [0.1, 0.15) is 11.4 Å². The fraction of sp³-hybridized carbons (Fsp3) is 0. The van der Waals surface area contributed by atoms with Gasteiger partial charge in [-0.3, -0.25) is 0 Å². The minimum atomic E-state index is -0.400. The molecular formula is C28H18N2O2. The van der Waals surface area contributed by atoms with Crippen molar-refractivity contribution in [3.63, 3.8) is 0 Å². The zero-order chi connectivity index (χ0) is 21.5. The first-order valence-electron chi connectivity index (χ1n) is 10.4. The van der Waals surface area contributed by atoms with Crippen molar-refractivity contribution >= 4 is 21.7 Å². The predicted octanol–water partition coefficient (Wildman–Crippen LogP) is 6.67. The molecule has 0 aliphatic rings. The zero-order valence-corrected chi connectivity index (χ0v) is 17.1. The van der Waals surface area contributed by atoms with Crippen LogP contribution in [-0.4, -0.2) is 9.97 Å². The molecule has 2 aromatic heterocycles. The highest BCUT2D eigenvalue weighted by molar-refractivity contribution is 6.08. The number of imidazole rings is 1. The van der Waals surface area contributed by atoms with Crippen LogP contribution in [0.1, 0.15) is 0 Å². The van der Waals surface area contributed by atoms with Crippen LogP contribution in [0, 0.1) is 0 Å². The van der Waals surface area contributed by atoms with E-state index in [2.05, 4.69) is 17.1 Å². The van der Waals surface area contributed by atoms with Gasteiger partial charge in [0.2, 0.25) is 0 Å². The maximum absolute atomic E-state index is 12.5. The van der Waals surface area contributed by atoms with Gasteiger partial charge in [-0.2, -0.15) is 0 Å². The van der Waals surface area contributed by atoms with Gasteiger partial charge in [0.15, 0.2) is 0 Å². The lowest BCUT2D eigenvalue weighted by Gasteiger charge is -2.06. The summed E-state index contributed by atoms with van der Waals surface area (Å²) in [4.78, 5) is 21.0. The molecule has 0 saturated carbocycles. The lowest BCUT2D eigenvalue weighted by Crippen LogP contribution is -1.99.